The zero-order valence-corrected chi connectivity index (χ0v) is 13.1. The molecule has 0 radical (unpaired) electrons. The third kappa shape index (κ3) is 5.73. The highest BCUT2D eigenvalue weighted by Gasteiger charge is 2.10. The molecule has 0 aliphatic rings. The van der Waals surface area contributed by atoms with Gasteiger partial charge in [-0.25, -0.2) is 0 Å². The van der Waals surface area contributed by atoms with Crippen LogP contribution in [0.3, 0.4) is 0 Å². The SMILES string of the molecule is CCCNCC(CCCc1ccccc1)c1ccccc1. The number of nitrogens with one attached hydrogen (secondary N) is 1. The van der Waals surface area contributed by atoms with Crippen LogP contribution in [0.1, 0.15) is 43.2 Å². The summed E-state index contributed by atoms with van der Waals surface area (Å²) >= 11 is 0. The predicted octanol–water partition coefficient (Wildman–Crippen LogP) is 4.79. The highest BCUT2D eigenvalue weighted by atomic mass is 14.8. The highest BCUT2D eigenvalue weighted by Crippen LogP contribution is 2.21. The molecule has 0 spiro atoms. The van der Waals surface area contributed by atoms with E-state index in [1.165, 1.54) is 36.8 Å². The van der Waals surface area contributed by atoms with Crippen LogP contribution in [0, 0.1) is 0 Å². The Balaban J connectivity index is 1.86. The molecule has 0 saturated carbocycles. The largest absolute Gasteiger partial charge is 0.316 e. The smallest absolute Gasteiger partial charge is 0.00201 e. The van der Waals surface area contributed by atoms with E-state index in [1.54, 1.807) is 0 Å². The molecule has 1 unspecified atom stereocenters. The maximum atomic E-state index is 3.58. The summed E-state index contributed by atoms with van der Waals surface area (Å²) < 4.78 is 0. The summed E-state index contributed by atoms with van der Waals surface area (Å²) in [6, 6.07) is 21.7. The van der Waals surface area contributed by atoms with Crippen LogP contribution in [0.2, 0.25) is 0 Å². The van der Waals surface area contributed by atoms with Gasteiger partial charge < -0.3 is 5.32 Å². The molecular weight excluding hydrogens is 254 g/mol. The Labute approximate surface area is 129 Å². The van der Waals surface area contributed by atoms with Crippen LogP contribution in [0.5, 0.6) is 0 Å². The first-order valence-corrected chi connectivity index (χ1v) is 8.19. The fraction of sp³-hybridized carbons (Fsp3) is 0.400. The summed E-state index contributed by atoms with van der Waals surface area (Å²) in [5, 5.41) is 3.58. The Hall–Kier alpha value is -1.60. The van der Waals surface area contributed by atoms with Gasteiger partial charge in [0.1, 0.15) is 0 Å². The second-order valence-electron chi connectivity index (χ2n) is 5.69. The van der Waals surface area contributed by atoms with Crippen molar-refractivity contribution in [3.8, 4) is 0 Å². The molecular formula is C20H27N. The van der Waals surface area contributed by atoms with Crippen molar-refractivity contribution in [3.05, 3.63) is 71.8 Å². The van der Waals surface area contributed by atoms with Crippen LogP contribution in [0.15, 0.2) is 60.7 Å². The first kappa shape index (κ1) is 15.8. The topological polar surface area (TPSA) is 12.0 Å². The lowest BCUT2D eigenvalue weighted by Crippen LogP contribution is -2.22. The Bertz CT molecular complexity index is 478. The number of hydrogen-bond acceptors (Lipinski definition) is 1. The van der Waals surface area contributed by atoms with Crippen molar-refractivity contribution in [1.82, 2.24) is 5.32 Å². The van der Waals surface area contributed by atoms with Crippen LogP contribution in [-0.4, -0.2) is 13.1 Å². The van der Waals surface area contributed by atoms with Gasteiger partial charge in [-0.1, -0.05) is 67.6 Å². The highest BCUT2D eigenvalue weighted by molar-refractivity contribution is 5.20. The minimum Gasteiger partial charge on any atom is -0.316 e. The van der Waals surface area contributed by atoms with Crippen molar-refractivity contribution in [3.63, 3.8) is 0 Å². The van der Waals surface area contributed by atoms with E-state index in [9.17, 15) is 0 Å². The van der Waals surface area contributed by atoms with Gasteiger partial charge >= 0.3 is 0 Å². The van der Waals surface area contributed by atoms with Gasteiger partial charge in [0, 0.05) is 6.54 Å². The number of benzene rings is 2. The summed E-state index contributed by atoms with van der Waals surface area (Å²) in [7, 11) is 0. The summed E-state index contributed by atoms with van der Waals surface area (Å²) in [6.07, 6.45) is 4.87. The van der Waals surface area contributed by atoms with Crippen LogP contribution in [0.25, 0.3) is 0 Å². The average molecular weight is 281 g/mol. The monoisotopic (exact) mass is 281 g/mol. The second kappa shape index (κ2) is 9.36. The van der Waals surface area contributed by atoms with Gasteiger partial charge in [-0.3, -0.25) is 0 Å². The quantitative estimate of drug-likeness (QED) is 0.651. The van der Waals surface area contributed by atoms with Crippen molar-refractivity contribution in [2.45, 2.75) is 38.5 Å². The van der Waals surface area contributed by atoms with Crippen molar-refractivity contribution >= 4 is 0 Å². The first-order chi connectivity index (χ1) is 10.4. The average Bonchev–Trinajstić information content (AvgIpc) is 2.55. The summed E-state index contributed by atoms with van der Waals surface area (Å²) in [5.74, 6) is 0.626. The molecule has 2 aromatic carbocycles. The molecule has 1 atom stereocenters. The number of hydrogen-bond donors (Lipinski definition) is 1. The lowest BCUT2D eigenvalue weighted by atomic mass is 9.92. The maximum absolute atomic E-state index is 3.58. The fourth-order valence-corrected chi connectivity index (χ4v) is 2.76. The van der Waals surface area contributed by atoms with Crippen LogP contribution < -0.4 is 5.32 Å². The summed E-state index contributed by atoms with van der Waals surface area (Å²) in [5.41, 5.74) is 2.92. The molecule has 112 valence electrons. The van der Waals surface area contributed by atoms with Gasteiger partial charge in [0.15, 0.2) is 0 Å². The Morgan fingerprint density at radius 3 is 2.24 bits per heavy atom. The number of rotatable bonds is 9. The zero-order chi connectivity index (χ0) is 14.8. The van der Waals surface area contributed by atoms with Crippen LogP contribution >= 0.6 is 0 Å². The van der Waals surface area contributed by atoms with Crippen molar-refractivity contribution in [1.29, 1.82) is 0 Å². The van der Waals surface area contributed by atoms with E-state index in [-0.39, 0.29) is 0 Å². The molecule has 0 aliphatic heterocycles. The van der Waals surface area contributed by atoms with Gasteiger partial charge in [0.25, 0.3) is 0 Å². The lowest BCUT2D eigenvalue weighted by Gasteiger charge is -2.18. The summed E-state index contributed by atoms with van der Waals surface area (Å²) in [6.45, 7) is 4.43. The standard InChI is InChI=1S/C20H27N/c1-2-16-21-17-20(19-13-7-4-8-14-19)15-9-12-18-10-5-3-6-11-18/h3-8,10-11,13-14,20-21H,2,9,12,15-17H2,1H3. The summed E-state index contributed by atoms with van der Waals surface area (Å²) in [4.78, 5) is 0. The first-order valence-electron chi connectivity index (χ1n) is 8.19. The van der Waals surface area contributed by atoms with Gasteiger partial charge in [0.05, 0.1) is 0 Å². The molecule has 0 aromatic heterocycles. The third-order valence-electron chi connectivity index (χ3n) is 3.95. The predicted molar refractivity (Wildman–Crippen MR) is 91.7 cm³/mol. The van der Waals surface area contributed by atoms with Gasteiger partial charge in [-0.2, -0.15) is 0 Å². The molecule has 0 bridgehead atoms. The van der Waals surface area contributed by atoms with Gasteiger partial charge in [-0.15, -0.1) is 0 Å². The van der Waals surface area contributed by atoms with Gasteiger partial charge in [0.2, 0.25) is 0 Å². The molecule has 0 fully saturated rings. The van der Waals surface area contributed by atoms with Crippen molar-refractivity contribution in [2.75, 3.05) is 13.1 Å². The van der Waals surface area contributed by atoms with Crippen LogP contribution in [-0.2, 0) is 6.42 Å². The minimum atomic E-state index is 0.626. The second-order valence-corrected chi connectivity index (χ2v) is 5.69. The molecule has 2 aromatic rings. The van der Waals surface area contributed by atoms with Gasteiger partial charge in [-0.05, 0) is 49.3 Å². The molecule has 1 nitrogen and oxygen atoms in total. The normalized spacial score (nSPS) is 12.2. The third-order valence-corrected chi connectivity index (χ3v) is 3.95. The van der Waals surface area contributed by atoms with Crippen molar-refractivity contribution in [2.24, 2.45) is 0 Å². The molecule has 0 heterocycles. The molecule has 0 aliphatic carbocycles. The fourth-order valence-electron chi connectivity index (χ4n) is 2.76. The van der Waals surface area contributed by atoms with E-state index >= 15 is 0 Å². The van der Waals surface area contributed by atoms with Crippen molar-refractivity contribution < 1.29 is 0 Å². The Morgan fingerprint density at radius 1 is 0.905 bits per heavy atom. The van der Waals surface area contributed by atoms with E-state index in [2.05, 4.69) is 72.9 Å². The van der Waals surface area contributed by atoms with E-state index in [0.29, 0.717) is 5.92 Å². The molecule has 1 heteroatoms. The zero-order valence-electron chi connectivity index (χ0n) is 13.1. The minimum absolute atomic E-state index is 0.626. The molecule has 0 saturated heterocycles. The van der Waals surface area contributed by atoms with E-state index in [4.69, 9.17) is 0 Å². The Morgan fingerprint density at radius 2 is 1.57 bits per heavy atom. The molecule has 2 rings (SSSR count). The lowest BCUT2D eigenvalue weighted by molar-refractivity contribution is 0.532. The maximum Gasteiger partial charge on any atom is 0.00201 e. The Kier molecular flexibility index (Phi) is 7.03. The number of aryl methyl sites for hydroxylation is 1. The molecule has 21 heavy (non-hydrogen) atoms. The molecule has 1 N–H and O–H groups in total. The van der Waals surface area contributed by atoms with Crippen LogP contribution in [0.4, 0.5) is 0 Å². The van der Waals surface area contributed by atoms with E-state index in [1.807, 2.05) is 0 Å². The molecule has 0 amide bonds. The van der Waals surface area contributed by atoms with E-state index < -0.39 is 0 Å². The van der Waals surface area contributed by atoms with E-state index in [0.717, 1.165) is 13.1 Å².